The number of aromatic amines is 1. The standard InChI is InChI=1S/C20H29N3O3/c1-14-17(15(2)22-21-14)7-5-8-23(3)13-16-11-19-20(12-18(16)24-4)26-10-6-9-25-19/h11-12H,5-10,13H2,1-4H3,(H,21,22). The molecule has 0 aliphatic carbocycles. The van der Waals surface area contributed by atoms with E-state index in [2.05, 4.69) is 42.1 Å². The highest BCUT2D eigenvalue weighted by atomic mass is 16.5. The van der Waals surface area contributed by atoms with Crippen LogP contribution in [0.25, 0.3) is 0 Å². The van der Waals surface area contributed by atoms with Gasteiger partial charge < -0.3 is 19.1 Å². The van der Waals surface area contributed by atoms with Crippen LogP contribution in [-0.4, -0.2) is 49.0 Å². The number of ether oxygens (including phenoxy) is 3. The number of methoxy groups -OCH3 is 1. The van der Waals surface area contributed by atoms with E-state index < -0.39 is 0 Å². The van der Waals surface area contributed by atoms with Crippen molar-refractivity contribution in [3.8, 4) is 17.2 Å². The summed E-state index contributed by atoms with van der Waals surface area (Å²) >= 11 is 0. The Labute approximate surface area is 155 Å². The molecule has 26 heavy (non-hydrogen) atoms. The van der Waals surface area contributed by atoms with Crippen molar-refractivity contribution < 1.29 is 14.2 Å². The fourth-order valence-electron chi connectivity index (χ4n) is 3.38. The minimum atomic E-state index is 0.683. The zero-order valence-corrected chi connectivity index (χ0v) is 16.2. The molecule has 0 saturated heterocycles. The van der Waals surface area contributed by atoms with E-state index in [1.165, 1.54) is 11.3 Å². The first-order valence-corrected chi connectivity index (χ1v) is 9.24. The van der Waals surface area contributed by atoms with Gasteiger partial charge in [0.15, 0.2) is 11.5 Å². The molecule has 1 aliphatic heterocycles. The summed E-state index contributed by atoms with van der Waals surface area (Å²) in [5.41, 5.74) is 4.74. The van der Waals surface area contributed by atoms with Crippen LogP contribution < -0.4 is 14.2 Å². The monoisotopic (exact) mass is 359 g/mol. The molecule has 142 valence electrons. The number of hydrogen-bond acceptors (Lipinski definition) is 5. The number of benzene rings is 1. The smallest absolute Gasteiger partial charge is 0.164 e. The molecule has 2 heterocycles. The van der Waals surface area contributed by atoms with Gasteiger partial charge >= 0.3 is 0 Å². The first kappa shape index (κ1) is 18.6. The molecule has 0 radical (unpaired) electrons. The molecule has 0 spiro atoms. The Morgan fingerprint density at radius 3 is 2.58 bits per heavy atom. The van der Waals surface area contributed by atoms with Crippen LogP contribution in [0.3, 0.4) is 0 Å². The van der Waals surface area contributed by atoms with E-state index in [1.54, 1.807) is 7.11 Å². The van der Waals surface area contributed by atoms with Crippen LogP contribution in [0.2, 0.25) is 0 Å². The molecule has 0 atom stereocenters. The van der Waals surface area contributed by atoms with Crippen molar-refractivity contribution in [2.24, 2.45) is 0 Å². The molecule has 0 unspecified atom stereocenters. The Kier molecular flexibility index (Phi) is 6.04. The molecular formula is C20H29N3O3. The molecule has 1 N–H and O–H groups in total. The number of fused-ring (bicyclic) bond motifs is 1. The van der Waals surface area contributed by atoms with Gasteiger partial charge in [-0.3, -0.25) is 5.10 Å². The van der Waals surface area contributed by atoms with Crippen molar-refractivity contribution in [2.45, 2.75) is 39.7 Å². The summed E-state index contributed by atoms with van der Waals surface area (Å²) in [6.45, 7) is 7.33. The molecule has 0 amide bonds. The molecule has 6 heteroatoms. The second-order valence-electron chi connectivity index (χ2n) is 6.92. The van der Waals surface area contributed by atoms with Crippen LogP contribution in [0.5, 0.6) is 17.2 Å². The Morgan fingerprint density at radius 1 is 1.19 bits per heavy atom. The Morgan fingerprint density at radius 2 is 1.92 bits per heavy atom. The maximum absolute atomic E-state index is 5.82. The number of aromatic nitrogens is 2. The van der Waals surface area contributed by atoms with Gasteiger partial charge in [-0.05, 0) is 51.9 Å². The highest BCUT2D eigenvalue weighted by Crippen LogP contribution is 2.36. The van der Waals surface area contributed by atoms with E-state index in [-0.39, 0.29) is 0 Å². The molecule has 1 aromatic carbocycles. The summed E-state index contributed by atoms with van der Waals surface area (Å²) in [6.07, 6.45) is 3.03. The molecule has 1 aromatic heterocycles. The fraction of sp³-hybridized carbons (Fsp3) is 0.550. The number of hydrogen-bond donors (Lipinski definition) is 1. The minimum Gasteiger partial charge on any atom is -0.496 e. The van der Waals surface area contributed by atoms with E-state index in [1.807, 2.05) is 6.07 Å². The van der Waals surface area contributed by atoms with Gasteiger partial charge in [0.05, 0.1) is 26.0 Å². The van der Waals surface area contributed by atoms with E-state index >= 15 is 0 Å². The van der Waals surface area contributed by atoms with Gasteiger partial charge in [-0.15, -0.1) is 0 Å². The van der Waals surface area contributed by atoms with Crippen molar-refractivity contribution in [2.75, 3.05) is 33.9 Å². The Hall–Kier alpha value is -2.21. The molecule has 3 rings (SSSR count). The summed E-state index contributed by atoms with van der Waals surface area (Å²) in [5.74, 6) is 2.44. The van der Waals surface area contributed by atoms with Crippen molar-refractivity contribution in [3.63, 3.8) is 0 Å². The third-order valence-corrected chi connectivity index (χ3v) is 4.84. The van der Waals surface area contributed by atoms with Gasteiger partial charge in [0.2, 0.25) is 0 Å². The van der Waals surface area contributed by atoms with Crippen molar-refractivity contribution in [3.05, 3.63) is 34.6 Å². The van der Waals surface area contributed by atoms with Gasteiger partial charge in [0, 0.05) is 30.3 Å². The molecule has 1 aliphatic rings. The number of nitrogens with zero attached hydrogens (tertiary/aromatic N) is 2. The molecular weight excluding hydrogens is 330 g/mol. The lowest BCUT2D eigenvalue weighted by atomic mass is 10.1. The maximum Gasteiger partial charge on any atom is 0.164 e. The van der Waals surface area contributed by atoms with Crippen molar-refractivity contribution >= 4 is 0 Å². The summed E-state index contributed by atoms with van der Waals surface area (Å²) in [4.78, 5) is 2.31. The maximum atomic E-state index is 5.82. The number of aryl methyl sites for hydroxylation is 2. The normalized spacial score (nSPS) is 13.7. The summed E-state index contributed by atoms with van der Waals surface area (Å²) < 4.78 is 17.1. The minimum absolute atomic E-state index is 0.683. The molecule has 0 fully saturated rings. The zero-order chi connectivity index (χ0) is 18.5. The second-order valence-corrected chi connectivity index (χ2v) is 6.92. The lowest BCUT2D eigenvalue weighted by Gasteiger charge is -2.20. The van der Waals surface area contributed by atoms with E-state index in [0.717, 1.165) is 60.9 Å². The van der Waals surface area contributed by atoms with Crippen LogP contribution >= 0.6 is 0 Å². The van der Waals surface area contributed by atoms with Gasteiger partial charge in [-0.2, -0.15) is 5.10 Å². The quantitative estimate of drug-likeness (QED) is 0.822. The fourth-order valence-corrected chi connectivity index (χ4v) is 3.38. The van der Waals surface area contributed by atoms with E-state index in [0.29, 0.717) is 13.2 Å². The molecule has 6 nitrogen and oxygen atoms in total. The summed E-state index contributed by atoms with van der Waals surface area (Å²) in [7, 11) is 3.84. The number of nitrogens with one attached hydrogen (secondary N) is 1. The SMILES string of the molecule is COc1cc2c(cc1CN(C)CCCc1c(C)n[nH]c1C)OCCCO2. The van der Waals surface area contributed by atoms with Crippen molar-refractivity contribution in [1.29, 1.82) is 0 Å². The zero-order valence-electron chi connectivity index (χ0n) is 16.2. The number of H-pyrrole nitrogens is 1. The van der Waals surface area contributed by atoms with Gasteiger partial charge in [0.25, 0.3) is 0 Å². The highest BCUT2D eigenvalue weighted by Gasteiger charge is 2.16. The van der Waals surface area contributed by atoms with Gasteiger partial charge in [-0.1, -0.05) is 0 Å². The molecule has 2 aromatic rings. The molecule has 0 saturated carbocycles. The third kappa shape index (κ3) is 4.30. The summed E-state index contributed by atoms with van der Waals surface area (Å²) in [6, 6.07) is 4.00. The first-order chi connectivity index (χ1) is 12.6. The lowest BCUT2D eigenvalue weighted by Crippen LogP contribution is -2.20. The molecule has 0 bridgehead atoms. The summed E-state index contributed by atoms with van der Waals surface area (Å²) in [5, 5.41) is 7.33. The van der Waals surface area contributed by atoms with Crippen molar-refractivity contribution in [1.82, 2.24) is 15.1 Å². The first-order valence-electron chi connectivity index (χ1n) is 9.24. The average Bonchev–Trinajstić information content (AvgIpc) is 2.82. The van der Waals surface area contributed by atoms with Gasteiger partial charge in [-0.25, -0.2) is 0 Å². The van der Waals surface area contributed by atoms with E-state index in [9.17, 15) is 0 Å². The number of rotatable bonds is 7. The largest absolute Gasteiger partial charge is 0.496 e. The Bertz CT molecular complexity index is 723. The van der Waals surface area contributed by atoms with Crippen LogP contribution in [-0.2, 0) is 13.0 Å². The third-order valence-electron chi connectivity index (χ3n) is 4.84. The predicted octanol–water partition coefficient (Wildman–Crippen LogP) is 3.26. The Balaban J connectivity index is 1.61. The topological polar surface area (TPSA) is 59.6 Å². The van der Waals surface area contributed by atoms with Gasteiger partial charge in [0.1, 0.15) is 5.75 Å². The van der Waals surface area contributed by atoms with Crippen LogP contribution in [0, 0.1) is 13.8 Å². The van der Waals surface area contributed by atoms with Crippen LogP contribution in [0.1, 0.15) is 35.4 Å². The van der Waals surface area contributed by atoms with E-state index in [4.69, 9.17) is 14.2 Å². The second kappa shape index (κ2) is 8.45. The lowest BCUT2D eigenvalue weighted by molar-refractivity contribution is 0.296. The average molecular weight is 359 g/mol. The van der Waals surface area contributed by atoms with Crippen LogP contribution in [0.4, 0.5) is 0 Å². The predicted molar refractivity (Wildman–Crippen MR) is 101 cm³/mol. The highest BCUT2D eigenvalue weighted by molar-refractivity contribution is 5.51. The van der Waals surface area contributed by atoms with Crippen LogP contribution in [0.15, 0.2) is 12.1 Å².